The zero-order valence-electron chi connectivity index (χ0n) is 24.0. The highest BCUT2D eigenvalue weighted by atomic mass is 32.2. The minimum absolute atomic E-state index is 0.129. The maximum absolute atomic E-state index is 12.3. The number of primary amides is 1. The monoisotopic (exact) mass is 630 g/mol. The van der Waals surface area contributed by atoms with Gasteiger partial charge in [0.2, 0.25) is 10.0 Å². The lowest BCUT2D eigenvalue weighted by Crippen LogP contribution is -2.38. The molecule has 2 aromatic heterocycles. The number of amides is 1. The summed E-state index contributed by atoms with van der Waals surface area (Å²) in [5.41, 5.74) is 10.4. The second-order valence-corrected chi connectivity index (χ2v) is 14.7. The SMILES string of the molecule is CCS(=O)(=O)N1CCC(c2c[nH]c3c(C(N)=O)cc(-c4csc(CNCC(C)(C)C)c4)cc23)CC1.O=C(O)C(F)(F)F. The standard InChI is InChI=1S/C26H36N4O3S2.C2HF3O2/c1-5-35(32,33)30-8-6-17(7-9-30)23-14-29-24-21(23)11-18(12-22(24)25(27)31)19-10-20(34-15-19)13-28-16-26(2,3)4;3-2(4,5)1(6)7/h10-12,14-15,17,28-29H,5-9,13,16H2,1-4H3,(H2,27,31);(H,6,7). The number of nitrogens with two attached hydrogens (primary N) is 1. The molecule has 1 aliphatic rings. The summed E-state index contributed by atoms with van der Waals surface area (Å²) in [5, 5.41) is 13.8. The maximum atomic E-state index is 12.3. The zero-order valence-corrected chi connectivity index (χ0v) is 25.6. The van der Waals surface area contributed by atoms with Gasteiger partial charge < -0.3 is 21.1 Å². The fourth-order valence-corrected chi connectivity index (χ4v) is 6.76. The first kappa shape index (κ1) is 33.6. The van der Waals surface area contributed by atoms with Gasteiger partial charge in [-0.15, -0.1) is 11.3 Å². The highest BCUT2D eigenvalue weighted by Gasteiger charge is 2.38. The van der Waals surface area contributed by atoms with E-state index in [1.807, 2.05) is 12.3 Å². The third kappa shape index (κ3) is 8.55. The van der Waals surface area contributed by atoms with Crippen molar-refractivity contribution < 1.29 is 36.3 Å². The number of rotatable bonds is 8. The number of sulfonamides is 1. The number of benzene rings is 1. The van der Waals surface area contributed by atoms with E-state index in [1.165, 1.54) is 4.88 Å². The van der Waals surface area contributed by atoms with Crippen molar-refractivity contribution in [1.29, 1.82) is 0 Å². The van der Waals surface area contributed by atoms with E-state index < -0.39 is 28.1 Å². The number of thiophene rings is 1. The number of hydrogen-bond donors (Lipinski definition) is 4. The molecule has 0 unspecified atom stereocenters. The Bertz CT molecular complexity index is 1520. The van der Waals surface area contributed by atoms with Crippen LogP contribution in [0.25, 0.3) is 22.0 Å². The van der Waals surface area contributed by atoms with E-state index in [1.54, 1.807) is 22.6 Å². The van der Waals surface area contributed by atoms with Crippen LogP contribution in [-0.2, 0) is 21.4 Å². The minimum atomic E-state index is -5.08. The van der Waals surface area contributed by atoms with Gasteiger partial charge in [-0.3, -0.25) is 4.79 Å². The lowest BCUT2D eigenvalue weighted by molar-refractivity contribution is -0.192. The van der Waals surface area contributed by atoms with Gasteiger partial charge >= 0.3 is 12.1 Å². The highest BCUT2D eigenvalue weighted by molar-refractivity contribution is 7.89. The Kier molecular flexibility index (Phi) is 10.5. The Morgan fingerprint density at radius 3 is 2.29 bits per heavy atom. The lowest BCUT2D eigenvalue weighted by atomic mass is 9.88. The molecule has 0 radical (unpaired) electrons. The number of carbonyl (C=O) groups is 2. The first-order chi connectivity index (χ1) is 19.4. The Morgan fingerprint density at radius 1 is 1.14 bits per heavy atom. The van der Waals surface area contributed by atoms with E-state index in [0.717, 1.165) is 53.5 Å². The number of piperidine rings is 1. The van der Waals surface area contributed by atoms with Crippen LogP contribution in [0.15, 0.2) is 29.8 Å². The van der Waals surface area contributed by atoms with Crippen molar-refractivity contribution in [3.63, 3.8) is 0 Å². The van der Waals surface area contributed by atoms with Crippen molar-refractivity contribution in [1.82, 2.24) is 14.6 Å². The summed E-state index contributed by atoms with van der Waals surface area (Å²) in [5.74, 6) is -2.86. The molecule has 232 valence electrons. The fraction of sp³-hybridized carbons (Fsp3) is 0.500. The summed E-state index contributed by atoms with van der Waals surface area (Å²) in [6, 6.07) is 6.18. The van der Waals surface area contributed by atoms with Crippen LogP contribution >= 0.6 is 11.3 Å². The van der Waals surface area contributed by atoms with Crippen LogP contribution in [0.4, 0.5) is 13.2 Å². The summed E-state index contributed by atoms with van der Waals surface area (Å²) >= 11 is 1.70. The number of aromatic nitrogens is 1. The first-order valence-electron chi connectivity index (χ1n) is 13.4. The number of fused-ring (bicyclic) bond motifs is 1. The van der Waals surface area contributed by atoms with E-state index in [0.29, 0.717) is 18.7 Å². The van der Waals surface area contributed by atoms with Crippen LogP contribution in [-0.4, -0.2) is 66.3 Å². The molecular weight excluding hydrogens is 593 g/mol. The molecule has 1 aromatic carbocycles. The molecule has 0 bridgehead atoms. The predicted octanol–water partition coefficient (Wildman–Crippen LogP) is 5.29. The second-order valence-electron chi connectivity index (χ2n) is 11.4. The molecule has 14 heteroatoms. The van der Waals surface area contributed by atoms with Crippen molar-refractivity contribution >= 4 is 44.1 Å². The third-order valence-corrected chi connectivity index (χ3v) is 9.74. The minimum Gasteiger partial charge on any atom is -0.475 e. The Hall–Kier alpha value is -2.94. The Labute approximate surface area is 247 Å². The van der Waals surface area contributed by atoms with Gasteiger partial charge in [-0.05, 0) is 71.4 Å². The number of halogens is 3. The van der Waals surface area contributed by atoms with Gasteiger partial charge in [-0.1, -0.05) is 20.8 Å². The normalized spacial score (nSPS) is 15.4. The summed E-state index contributed by atoms with van der Waals surface area (Å²) in [4.78, 5) is 25.7. The molecule has 1 saturated heterocycles. The quantitative estimate of drug-likeness (QED) is 0.266. The largest absolute Gasteiger partial charge is 0.490 e. The summed E-state index contributed by atoms with van der Waals surface area (Å²) in [6.07, 6.45) is -1.61. The molecule has 0 aliphatic carbocycles. The summed E-state index contributed by atoms with van der Waals surface area (Å²) < 4.78 is 57.9. The molecule has 1 fully saturated rings. The topological polar surface area (TPSA) is 146 Å². The van der Waals surface area contributed by atoms with E-state index in [-0.39, 0.29) is 17.1 Å². The second kappa shape index (κ2) is 13.1. The molecule has 9 nitrogen and oxygen atoms in total. The highest BCUT2D eigenvalue weighted by Crippen LogP contribution is 2.38. The number of carboxylic acids is 1. The molecule has 5 N–H and O–H groups in total. The van der Waals surface area contributed by atoms with Crippen molar-refractivity contribution in [3.8, 4) is 11.1 Å². The van der Waals surface area contributed by atoms with E-state index in [9.17, 15) is 26.4 Å². The van der Waals surface area contributed by atoms with Crippen LogP contribution in [0.1, 0.15) is 67.3 Å². The third-order valence-electron chi connectivity index (χ3n) is 6.92. The van der Waals surface area contributed by atoms with Crippen LogP contribution in [0.5, 0.6) is 0 Å². The molecule has 0 spiro atoms. The zero-order chi connectivity index (χ0) is 31.5. The van der Waals surface area contributed by atoms with Gasteiger partial charge in [-0.25, -0.2) is 17.5 Å². The van der Waals surface area contributed by atoms with Crippen LogP contribution in [0.3, 0.4) is 0 Å². The number of H-pyrrole nitrogens is 1. The van der Waals surface area contributed by atoms with Crippen LogP contribution in [0, 0.1) is 5.41 Å². The predicted molar refractivity (Wildman–Crippen MR) is 158 cm³/mol. The Balaban J connectivity index is 0.000000616. The molecule has 3 aromatic rings. The van der Waals surface area contributed by atoms with E-state index >= 15 is 0 Å². The maximum Gasteiger partial charge on any atom is 0.490 e. The number of carbonyl (C=O) groups excluding carboxylic acids is 1. The first-order valence-corrected chi connectivity index (χ1v) is 15.9. The van der Waals surface area contributed by atoms with E-state index in [2.05, 4.69) is 48.6 Å². The molecule has 1 aliphatic heterocycles. The number of nitrogens with one attached hydrogen (secondary N) is 2. The fourth-order valence-electron chi connectivity index (χ4n) is 4.76. The molecule has 0 saturated carbocycles. The van der Waals surface area contributed by atoms with Crippen LogP contribution < -0.4 is 11.1 Å². The van der Waals surface area contributed by atoms with Crippen molar-refractivity contribution in [2.75, 3.05) is 25.4 Å². The number of nitrogens with zero attached hydrogens (tertiary/aromatic N) is 1. The van der Waals surface area contributed by atoms with Crippen LogP contribution in [0.2, 0.25) is 0 Å². The van der Waals surface area contributed by atoms with Crippen molar-refractivity contribution in [3.05, 3.63) is 45.8 Å². The summed E-state index contributed by atoms with van der Waals surface area (Å²) in [7, 11) is -3.17. The number of alkyl halides is 3. The number of aromatic amines is 1. The lowest BCUT2D eigenvalue weighted by Gasteiger charge is -2.31. The molecule has 1 amide bonds. The summed E-state index contributed by atoms with van der Waals surface area (Å²) in [6.45, 7) is 11.1. The van der Waals surface area contributed by atoms with Gasteiger partial charge in [0.1, 0.15) is 0 Å². The molecule has 42 heavy (non-hydrogen) atoms. The average Bonchev–Trinajstić information content (AvgIpc) is 3.54. The molecule has 0 atom stereocenters. The Morgan fingerprint density at radius 2 is 1.76 bits per heavy atom. The molecule has 3 heterocycles. The van der Waals surface area contributed by atoms with Crippen molar-refractivity contribution in [2.45, 2.75) is 59.2 Å². The number of hydrogen-bond acceptors (Lipinski definition) is 6. The van der Waals surface area contributed by atoms with Gasteiger partial charge in [0.05, 0.1) is 16.8 Å². The average molecular weight is 631 g/mol. The van der Waals surface area contributed by atoms with Gasteiger partial charge in [0, 0.05) is 42.6 Å². The number of carboxylic acid groups (broad SMARTS) is 1. The molecular formula is C28H37F3N4O5S2. The van der Waals surface area contributed by atoms with Gasteiger partial charge in [-0.2, -0.15) is 13.2 Å². The van der Waals surface area contributed by atoms with Gasteiger partial charge in [0.15, 0.2) is 0 Å². The number of aliphatic carboxylic acids is 1. The van der Waals surface area contributed by atoms with E-state index in [4.69, 9.17) is 15.6 Å². The van der Waals surface area contributed by atoms with Gasteiger partial charge in [0.25, 0.3) is 5.91 Å². The van der Waals surface area contributed by atoms with Crippen molar-refractivity contribution in [2.24, 2.45) is 11.1 Å². The molecule has 4 rings (SSSR count). The smallest absolute Gasteiger partial charge is 0.475 e.